The van der Waals surface area contributed by atoms with Crippen LogP contribution >= 0.6 is 11.3 Å². The number of nitrogen functional groups attached to an aromatic ring is 1. The average Bonchev–Trinajstić information content (AvgIpc) is 2.79. The Morgan fingerprint density at radius 1 is 1.65 bits per heavy atom. The summed E-state index contributed by atoms with van der Waals surface area (Å²) in [5, 5.41) is 3.71. The van der Waals surface area contributed by atoms with Crippen molar-refractivity contribution in [2.24, 2.45) is 0 Å². The van der Waals surface area contributed by atoms with E-state index in [2.05, 4.69) is 16.9 Å². The molecule has 3 N–H and O–H groups in total. The highest BCUT2D eigenvalue weighted by molar-refractivity contribution is 7.18. The maximum atomic E-state index is 12.2. The highest BCUT2D eigenvalue weighted by atomic mass is 32.1. The summed E-state index contributed by atoms with van der Waals surface area (Å²) < 4.78 is 4.94. The predicted molar refractivity (Wildman–Crippen MR) is 83.3 cm³/mol. The molecule has 112 valence electrons. The number of thiazole rings is 1. The van der Waals surface area contributed by atoms with Crippen LogP contribution in [0.1, 0.15) is 22.5 Å². The quantitative estimate of drug-likeness (QED) is 0.537. The van der Waals surface area contributed by atoms with Gasteiger partial charge in [0.25, 0.3) is 5.91 Å². The summed E-state index contributed by atoms with van der Waals surface area (Å²) >= 11 is 1.27. The number of carbonyl (C=O) groups excluding carboxylic acids is 1. The number of nitrogens with two attached hydrogens (primary N) is 1. The van der Waals surface area contributed by atoms with Gasteiger partial charge in [-0.1, -0.05) is 17.4 Å². The van der Waals surface area contributed by atoms with E-state index in [9.17, 15) is 4.79 Å². The lowest BCUT2D eigenvalue weighted by Gasteiger charge is -2.15. The topological polar surface area (TPSA) is 80.5 Å². The van der Waals surface area contributed by atoms with Gasteiger partial charge >= 0.3 is 0 Å². The fourth-order valence-electron chi connectivity index (χ4n) is 1.57. The van der Waals surface area contributed by atoms with Gasteiger partial charge < -0.3 is 20.7 Å². The predicted octanol–water partition coefficient (Wildman–Crippen LogP) is 1.82. The van der Waals surface area contributed by atoms with Crippen molar-refractivity contribution in [3.8, 4) is 0 Å². The number of allylic oxidation sites excluding steroid dienone is 1. The Bertz CT molecular complexity index is 448. The van der Waals surface area contributed by atoms with Gasteiger partial charge in [-0.2, -0.15) is 0 Å². The molecule has 1 aromatic heterocycles. The molecule has 0 spiro atoms. The van der Waals surface area contributed by atoms with Gasteiger partial charge in [0.1, 0.15) is 10.7 Å². The van der Waals surface area contributed by atoms with Crippen LogP contribution in [0.25, 0.3) is 0 Å². The van der Waals surface area contributed by atoms with Crippen LogP contribution in [0.5, 0.6) is 0 Å². The lowest BCUT2D eigenvalue weighted by molar-refractivity contribution is 0.0799. The van der Waals surface area contributed by atoms with E-state index in [-0.39, 0.29) is 11.7 Å². The number of aromatic nitrogens is 1. The first-order valence-electron chi connectivity index (χ1n) is 6.45. The molecule has 7 heteroatoms. The van der Waals surface area contributed by atoms with Crippen LogP contribution in [0.15, 0.2) is 12.7 Å². The van der Waals surface area contributed by atoms with Crippen LogP contribution in [-0.4, -0.2) is 49.6 Å². The van der Waals surface area contributed by atoms with Crippen molar-refractivity contribution in [3.05, 3.63) is 17.5 Å². The molecule has 1 amide bonds. The number of rotatable bonds is 9. The van der Waals surface area contributed by atoms with Gasteiger partial charge in [-0.15, -0.1) is 6.58 Å². The van der Waals surface area contributed by atoms with Crippen molar-refractivity contribution < 1.29 is 9.53 Å². The molecule has 0 fully saturated rings. The van der Waals surface area contributed by atoms with Crippen LogP contribution in [0.3, 0.4) is 0 Å². The lowest BCUT2D eigenvalue weighted by Crippen LogP contribution is -2.27. The SMILES string of the molecule is C=CCCCN(C)C(=O)c1sc(NCCOC)nc1N. The van der Waals surface area contributed by atoms with E-state index in [1.807, 2.05) is 6.08 Å². The number of unbranched alkanes of at least 4 members (excludes halogenated alkanes) is 1. The summed E-state index contributed by atoms with van der Waals surface area (Å²) in [6.07, 6.45) is 3.63. The maximum Gasteiger partial charge on any atom is 0.267 e. The number of nitrogens with zero attached hydrogens (tertiary/aromatic N) is 2. The molecule has 0 aliphatic carbocycles. The molecule has 6 nitrogen and oxygen atoms in total. The van der Waals surface area contributed by atoms with Gasteiger partial charge in [-0.3, -0.25) is 4.79 Å². The average molecular weight is 298 g/mol. The fourth-order valence-corrected chi connectivity index (χ4v) is 2.47. The van der Waals surface area contributed by atoms with Gasteiger partial charge in [0.15, 0.2) is 5.13 Å². The second-order valence-electron chi connectivity index (χ2n) is 4.31. The van der Waals surface area contributed by atoms with Crippen LogP contribution in [0.4, 0.5) is 10.9 Å². The lowest BCUT2D eigenvalue weighted by atomic mass is 10.3. The van der Waals surface area contributed by atoms with Crippen molar-refractivity contribution in [2.45, 2.75) is 12.8 Å². The summed E-state index contributed by atoms with van der Waals surface area (Å²) in [5.41, 5.74) is 5.80. The first-order valence-corrected chi connectivity index (χ1v) is 7.27. The fraction of sp³-hybridized carbons (Fsp3) is 0.538. The van der Waals surface area contributed by atoms with Crippen molar-refractivity contribution in [2.75, 3.05) is 44.9 Å². The minimum Gasteiger partial charge on any atom is -0.383 e. The number of hydrogen-bond acceptors (Lipinski definition) is 6. The third-order valence-electron chi connectivity index (χ3n) is 2.68. The van der Waals surface area contributed by atoms with E-state index in [4.69, 9.17) is 10.5 Å². The molecular weight excluding hydrogens is 276 g/mol. The second kappa shape index (κ2) is 8.55. The third-order valence-corrected chi connectivity index (χ3v) is 3.70. The Hall–Kier alpha value is -1.60. The molecule has 0 saturated heterocycles. The van der Waals surface area contributed by atoms with Gasteiger partial charge in [0, 0.05) is 27.2 Å². The van der Waals surface area contributed by atoms with Gasteiger partial charge in [-0.05, 0) is 12.8 Å². The van der Waals surface area contributed by atoms with Crippen molar-refractivity contribution in [3.63, 3.8) is 0 Å². The Morgan fingerprint density at radius 2 is 2.40 bits per heavy atom. The van der Waals surface area contributed by atoms with E-state index in [1.54, 1.807) is 19.1 Å². The van der Waals surface area contributed by atoms with Crippen molar-refractivity contribution in [1.82, 2.24) is 9.88 Å². The van der Waals surface area contributed by atoms with E-state index < -0.39 is 0 Å². The highest BCUT2D eigenvalue weighted by Crippen LogP contribution is 2.26. The van der Waals surface area contributed by atoms with E-state index in [0.29, 0.717) is 29.7 Å². The minimum atomic E-state index is -0.0937. The number of anilines is 2. The normalized spacial score (nSPS) is 10.3. The van der Waals surface area contributed by atoms with Crippen molar-refractivity contribution >= 4 is 28.2 Å². The highest BCUT2D eigenvalue weighted by Gasteiger charge is 2.19. The molecule has 0 unspecified atom stereocenters. The monoisotopic (exact) mass is 298 g/mol. The first kappa shape index (κ1) is 16.5. The molecule has 0 aliphatic rings. The van der Waals surface area contributed by atoms with Gasteiger partial charge in [-0.25, -0.2) is 4.98 Å². The zero-order chi connectivity index (χ0) is 15.0. The standard InChI is InChI=1S/C13H22N4O2S/c1-4-5-6-8-17(2)12(18)10-11(14)16-13(20-10)15-7-9-19-3/h4H,1,5-9,14H2,2-3H3,(H,15,16). The van der Waals surface area contributed by atoms with Crippen LogP contribution in [0, 0.1) is 0 Å². The summed E-state index contributed by atoms with van der Waals surface area (Å²) in [6, 6.07) is 0. The Labute approximate surface area is 123 Å². The Balaban J connectivity index is 2.60. The molecule has 1 aromatic rings. The first-order chi connectivity index (χ1) is 9.60. The van der Waals surface area contributed by atoms with Gasteiger partial charge in [0.05, 0.1) is 6.61 Å². The molecule has 0 aliphatic heterocycles. The molecule has 0 bridgehead atoms. The molecule has 0 saturated carbocycles. The smallest absolute Gasteiger partial charge is 0.267 e. The number of hydrogen-bond donors (Lipinski definition) is 2. The summed E-state index contributed by atoms with van der Waals surface area (Å²) in [5.74, 6) is 0.180. The van der Waals surface area contributed by atoms with Crippen LogP contribution in [-0.2, 0) is 4.74 Å². The number of amides is 1. The number of methoxy groups -OCH3 is 1. The number of carbonyl (C=O) groups is 1. The number of nitrogens with one attached hydrogen (secondary N) is 1. The molecule has 1 heterocycles. The minimum absolute atomic E-state index is 0.0937. The van der Waals surface area contributed by atoms with Crippen LogP contribution in [0.2, 0.25) is 0 Å². The molecule has 0 aromatic carbocycles. The molecule has 0 atom stereocenters. The summed E-state index contributed by atoms with van der Waals surface area (Å²) in [6.45, 7) is 5.54. The second-order valence-corrected chi connectivity index (χ2v) is 5.31. The third kappa shape index (κ3) is 4.82. The molecule has 20 heavy (non-hydrogen) atoms. The van der Waals surface area contributed by atoms with Gasteiger partial charge in [0.2, 0.25) is 0 Å². The number of ether oxygens (including phenoxy) is 1. The molecule has 1 rings (SSSR count). The van der Waals surface area contributed by atoms with Crippen LogP contribution < -0.4 is 11.1 Å². The molecule has 0 radical (unpaired) electrons. The zero-order valence-corrected chi connectivity index (χ0v) is 12.8. The zero-order valence-electron chi connectivity index (χ0n) is 12.0. The summed E-state index contributed by atoms with van der Waals surface area (Å²) in [4.78, 5) is 18.5. The largest absolute Gasteiger partial charge is 0.383 e. The Morgan fingerprint density at radius 3 is 3.05 bits per heavy atom. The Kier molecular flexibility index (Phi) is 7.03. The van der Waals surface area contributed by atoms with Crippen molar-refractivity contribution in [1.29, 1.82) is 0 Å². The maximum absolute atomic E-state index is 12.2. The molecular formula is C13H22N4O2S. The van der Waals surface area contributed by atoms with E-state index >= 15 is 0 Å². The van der Waals surface area contributed by atoms with E-state index in [0.717, 1.165) is 12.8 Å². The summed E-state index contributed by atoms with van der Waals surface area (Å²) in [7, 11) is 3.40. The van der Waals surface area contributed by atoms with E-state index in [1.165, 1.54) is 11.3 Å².